The van der Waals surface area contributed by atoms with Crippen molar-refractivity contribution in [3.8, 4) is 0 Å². The highest BCUT2D eigenvalue weighted by Crippen LogP contribution is 2.32. The van der Waals surface area contributed by atoms with Crippen molar-refractivity contribution in [2.24, 2.45) is 17.3 Å². The summed E-state index contributed by atoms with van der Waals surface area (Å²) in [5.41, 5.74) is 1.71. The number of nitrogens with zero attached hydrogens (tertiary/aromatic N) is 1. The molecular weight excluding hydrogens is 450 g/mol. The highest BCUT2D eigenvalue weighted by Gasteiger charge is 2.42. The van der Waals surface area contributed by atoms with Gasteiger partial charge in [0.2, 0.25) is 0 Å². The number of ketones is 1. The van der Waals surface area contributed by atoms with Gasteiger partial charge in [0.05, 0.1) is 34.7 Å². The Morgan fingerprint density at radius 2 is 1.91 bits per heavy atom. The molecule has 1 aliphatic heterocycles. The molecule has 0 aliphatic carbocycles. The van der Waals surface area contributed by atoms with E-state index in [9.17, 15) is 19.8 Å². The van der Waals surface area contributed by atoms with Crippen LogP contribution in [0.4, 0.5) is 0 Å². The van der Waals surface area contributed by atoms with E-state index in [0.29, 0.717) is 6.42 Å². The van der Waals surface area contributed by atoms with Gasteiger partial charge in [0.15, 0.2) is 0 Å². The predicted molar refractivity (Wildman–Crippen MR) is 136 cm³/mol. The predicted octanol–water partition coefficient (Wildman–Crippen LogP) is 5.27. The molecule has 1 aromatic heterocycles. The first-order valence-corrected chi connectivity index (χ1v) is 13.1. The first kappa shape index (κ1) is 28.4. The number of carbonyl (C=O) groups excluding carboxylic acids is 2. The van der Waals surface area contributed by atoms with Crippen LogP contribution in [0.25, 0.3) is 6.08 Å². The largest absolute Gasteiger partial charge is 0.457 e. The van der Waals surface area contributed by atoms with Crippen LogP contribution in [0.5, 0.6) is 0 Å². The van der Waals surface area contributed by atoms with E-state index in [4.69, 9.17) is 4.74 Å². The van der Waals surface area contributed by atoms with E-state index in [1.165, 1.54) is 5.57 Å². The van der Waals surface area contributed by atoms with Crippen LogP contribution in [0.1, 0.15) is 84.3 Å². The maximum atomic E-state index is 13.2. The smallest absolute Gasteiger partial charge is 0.309 e. The third-order valence-corrected chi connectivity index (χ3v) is 7.83. The normalized spacial score (nSPS) is 32.1. The van der Waals surface area contributed by atoms with Crippen LogP contribution in [0, 0.1) is 24.2 Å². The second-order valence-electron chi connectivity index (χ2n) is 10.4. The van der Waals surface area contributed by atoms with Gasteiger partial charge in [-0.25, -0.2) is 4.98 Å². The number of esters is 1. The first-order valence-electron chi connectivity index (χ1n) is 12.2. The Bertz CT molecular complexity index is 916. The number of cyclic esters (lactones) is 1. The lowest BCUT2D eigenvalue weighted by Gasteiger charge is -2.34. The van der Waals surface area contributed by atoms with Gasteiger partial charge in [0.25, 0.3) is 0 Å². The molecule has 34 heavy (non-hydrogen) atoms. The van der Waals surface area contributed by atoms with E-state index in [0.717, 1.165) is 35.5 Å². The quantitative estimate of drug-likeness (QED) is 0.432. The summed E-state index contributed by atoms with van der Waals surface area (Å²) >= 11 is 1.56. The van der Waals surface area contributed by atoms with Gasteiger partial charge in [-0.3, -0.25) is 9.59 Å². The molecule has 0 aromatic carbocycles. The number of thiazole rings is 1. The second kappa shape index (κ2) is 12.2. The summed E-state index contributed by atoms with van der Waals surface area (Å²) in [4.78, 5) is 30.5. The minimum absolute atomic E-state index is 0.0444. The van der Waals surface area contributed by atoms with Crippen molar-refractivity contribution < 1.29 is 24.5 Å². The van der Waals surface area contributed by atoms with Gasteiger partial charge >= 0.3 is 5.97 Å². The molecule has 0 fully saturated rings. The van der Waals surface area contributed by atoms with Crippen molar-refractivity contribution in [2.45, 2.75) is 98.9 Å². The first-order chi connectivity index (χ1) is 15.8. The van der Waals surface area contributed by atoms with E-state index < -0.39 is 35.6 Å². The average molecular weight is 492 g/mol. The average Bonchev–Trinajstić information content (AvgIpc) is 3.18. The zero-order valence-electron chi connectivity index (χ0n) is 21.6. The minimum atomic E-state index is -1.21. The number of allylic oxidation sites excluding steroid dienone is 1. The summed E-state index contributed by atoms with van der Waals surface area (Å²) < 4.78 is 5.81. The molecule has 0 bridgehead atoms. The Balaban J connectivity index is 2.33. The number of aliphatic hydroxyl groups excluding tert-OH is 2. The van der Waals surface area contributed by atoms with Gasteiger partial charge < -0.3 is 14.9 Å². The molecule has 1 aliphatic rings. The van der Waals surface area contributed by atoms with Crippen LogP contribution in [0.2, 0.25) is 0 Å². The molecule has 0 unspecified atom stereocenters. The van der Waals surface area contributed by atoms with Crippen molar-refractivity contribution in [1.29, 1.82) is 0 Å². The van der Waals surface area contributed by atoms with Crippen LogP contribution < -0.4 is 0 Å². The molecular formula is C27H41NO5S. The molecule has 0 radical (unpaired) electrons. The van der Waals surface area contributed by atoms with Crippen LogP contribution >= 0.6 is 11.3 Å². The summed E-state index contributed by atoms with van der Waals surface area (Å²) in [5, 5.41) is 24.5. The molecule has 0 spiro atoms. The third kappa shape index (κ3) is 7.59. The molecule has 2 rings (SSSR count). The van der Waals surface area contributed by atoms with Crippen molar-refractivity contribution in [1.82, 2.24) is 4.98 Å². The fraction of sp³-hybridized carbons (Fsp3) is 0.667. The fourth-order valence-electron chi connectivity index (χ4n) is 4.40. The number of rotatable bonds is 2. The molecule has 6 nitrogen and oxygen atoms in total. The van der Waals surface area contributed by atoms with Gasteiger partial charge in [-0.15, -0.1) is 11.3 Å². The second-order valence-corrected chi connectivity index (χ2v) is 11.5. The summed E-state index contributed by atoms with van der Waals surface area (Å²) in [6.45, 7) is 12.8. The molecule has 2 heterocycles. The molecule has 190 valence electrons. The Hall–Kier alpha value is -1.83. The zero-order chi connectivity index (χ0) is 25.6. The monoisotopic (exact) mass is 491 g/mol. The van der Waals surface area contributed by atoms with E-state index in [1.54, 1.807) is 32.1 Å². The standard InChI is InChI=1S/C27H41NO5S/c1-16-9-8-10-17(2)25(31)19(4)26(32)27(6,7)23(29)14-24(30)33-22(12-11-16)18(3)13-21-15-34-20(5)28-21/h11,13,15,17,19,22-23,25,29,31H,8-10,12,14H2,1-7H3/b16-11+,18-13+/t17-,19+,22-,23-,25-/m0/s1. The van der Waals surface area contributed by atoms with Crippen LogP contribution in [-0.4, -0.2) is 45.3 Å². The summed E-state index contributed by atoms with van der Waals surface area (Å²) in [5.74, 6) is -1.49. The number of aryl methyl sites for hydroxylation is 1. The Morgan fingerprint density at radius 1 is 1.24 bits per heavy atom. The summed E-state index contributed by atoms with van der Waals surface area (Å²) in [6.07, 6.45) is 4.33. The number of aromatic nitrogens is 1. The van der Waals surface area contributed by atoms with Gasteiger partial charge in [0, 0.05) is 17.7 Å². The third-order valence-electron chi connectivity index (χ3n) is 7.04. The number of carbonyl (C=O) groups is 2. The molecule has 0 amide bonds. The van der Waals surface area contributed by atoms with Crippen LogP contribution in [0.15, 0.2) is 22.6 Å². The summed E-state index contributed by atoms with van der Waals surface area (Å²) in [6, 6.07) is 0. The van der Waals surface area contributed by atoms with Crippen LogP contribution in [0.3, 0.4) is 0 Å². The van der Waals surface area contributed by atoms with Gasteiger partial charge in [-0.1, -0.05) is 39.3 Å². The summed E-state index contributed by atoms with van der Waals surface area (Å²) in [7, 11) is 0. The lowest BCUT2D eigenvalue weighted by atomic mass is 9.73. The molecule has 0 saturated heterocycles. The lowest BCUT2D eigenvalue weighted by Crippen LogP contribution is -2.45. The van der Waals surface area contributed by atoms with Gasteiger partial charge in [-0.2, -0.15) is 0 Å². The maximum absolute atomic E-state index is 13.2. The topological polar surface area (TPSA) is 96.7 Å². The molecule has 2 N–H and O–H groups in total. The Kier molecular flexibility index (Phi) is 10.2. The number of hydrogen-bond donors (Lipinski definition) is 2. The minimum Gasteiger partial charge on any atom is -0.457 e. The van der Waals surface area contributed by atoms with E-state index in [1.807, 2.05) is 32.2 Å². The van der Waals surface area contributed by atoms with Gasteiger partial charge in [-0.05, 0) is 57.6 Å². The molecule has 5 atom stereocenters. The highest BCUT2D eigenvalue weighted by atomic mass is 32.1. The SMILES string of the molecule is C/C1=C\C[C@@H](/C(C)=C/c2csc(C)n2)OC(=O)C[C@H](O)C(C)(C)C(=O)[C@H](C)[C@@H](O)[C@@H](C)CCC1. The number of Topliss-reactive ketones (excluding diaryl/α,β-unsaturated/α-hetero) is 1. The van der Waals surface area contributed by atoms with E-state index >= 15 is 0 Å². The van der Waals surface area contributed by atoms with E-state index in [2.05, 4.69) is 18.0 Å². The fourth-order valence-corrected chi connectivity index (χ4v) is 4.97. The van der Waals surface area contributed by atoms with Crippen molar-refractivity contribution in [2.75, 3.05) is 0 Å². The van der Waals surface area contributed by atoms with Crippen molar-refractivity contribution in [3.63, 3.8) is 0 Å². The molecule has 1 aromatic rings. The zero-order valence-corrected chi connectivity index (χ0v) is 22.4. The Morgan fingerprint density at radius 3 is 2.53 bits per heavy atom. The maximum Gasteiger partial charge on any atom is 0.309 e. The lowest BCUT2D eigenvalue weighted by molar-refractivity contribution is -0.154. The van der Waals surface area contributed by atoms with Crippen molar-refractivity contribution >= 4 is 29.2 Å². The molecule has 7 heteroatoms. The van der Waals surface area contributed by atoms with Crippen molar-refractivity contribution in [3.05, 3.63) is 33.3 Å². The number of hydrogen-bond acceptors (Lipinski definition) is 7. The van der Waals surface area contributed by atoms with E-state index in [-0.39, 0.29) is 18.1 Å². The highest BCUT2D eigenvalue weighted by molar-refractivity contribution is 7.09. The molecule has 0 saturated carbocycles. The number of ether oxygens (including phenoxy) is 1. The number of aliphatic hydroxyl groups is 2. The van der Waals surface area contributed by atoms with Crippen LogP contribution in [-0.2, 0) is 14.3 Å². The Labute approximate surface area is 208 Å². The van der Waals surface area contributed by atoms with Gasteiger partial charge in [0.1, 0.15) is 11.9 Å².